The third-order valence-electron chi connectivity index (χ3n) is 3.68. The number of carbonyl (C=O) groups excluding carboxylic acids is 1. The van der Waals surface area contributed by atoms with Crippen LogP contribution in [0.25, 0.3) is 0 Å². The van der Waals surface area contributed by atoms with Gasteiger partial charge in [0.25, 0.3) is 0 Å². The molecule has 1 aliphatic heterocycles. The van der Waals surface area contributed by atoms with Crippen molar-refractivity contribution < 1.29 is 4.79 Å². The molecule has 3 atom stereocenters. The summed E-state index contributed by atoms with van der Waals surface area (Å²) in [7, 11) is 4.11. The highest BCUT2D eigenvalue weighted by Crippen LogP contribution is 2.16. The Bertz CT molecular complexity index is 255. The van der Waals surface area contributed by atoms with E-state index in [2.05, 4.69) is 45.1 Å². The first kappa shape index (κ1) is 14.5. The van der Waals surface area contributed by atoms with Gasteiger partial charge >= 0.3 is 0 Å². The summed E-state index contributed by atoms with van der Waals surface area (Å²) in [6, 6.07) is 0.437. The molecule has 0 aromatic carbocycles. The Labute approximate surface area is 105 Å². The van der Waals surface area contributed by atoms with Crippen molar-refractivity contribution in [3.63, 3.8) is 0 Å². The smallest absolute Gasteiger partial charge is 0.241 e. The van der Waals surface area contributed by atoms with E-state index in [1.165, 1.54) is 0 Å². The van der Waals surface area contributed by atoms with Crippen LogP contribution in [-0.2, 0) is 4.79 Å². The van der Waals surface area contributed by atoms with Gasteiger partial charge in [0.2, 0.25) is 5.91 Å². The van der Waals surface area contributed by atoms with Crippen molar-refractivity contribution in [2.24, 2.45) is 0 Å². The number of hydrogen-bond donors (Lipinski definition) is 1. The van der Waals surface area contributed by atoms with Crippen molar-refractivity contribution in [1.82, 2.24) is 15.1 Å². The summed E-state index contributed by atoms with van der Waals surface area (Å²) >= 11 is 0. The van der Waals surface area contributed by atoms with E-state index >= 15 is 0 Å². The molecule has 1 rings (SSSR count). The topological polar surface area (TPSA) is 35.6 Å². The van der Waals surface area contributed by atoms with Crippen LogP contribution in [-0.4, -0.2) is 54.6 Å². The molecule has 1 amide bonds. The van der Waals surface area contributed by atoms with Gasteiger partial charge in [-0.25, -0.2) is 0 Å². The molecule has 4 heteroatoms. The molecule has 3 unspecified atom stereocenters. The second kappa shape index (κ2) is 6.36. The van der Waals surface area contributed by atoms with Crippen molar-refractivity contribution in [3.05, 3.63) is 0 Å². The van der Waals surface area contributed by atoms with Gasteiger partial charge in [0.15, 0.2) is 0 Å². The molecule has 17 heavy (non-hydrogen) atoms. The average molecular weight is 241 g/mol. The molecule has 0 saturated carbocycles. The van der Waals surface area contributed by atoms with Crippen molar-refractivity contribution in [3.8, 4) is 0 Å². The van der Waals surface area contributed by atoms with Crippen molar-refractivity contribution >= 4 is 5.91 Å². The molecule has 0 bridgehead atoms. The summed E-state index contributed by atoms with van der Waals surface area (Å²) in [4.78, 5) is 16.4. The van der Waals surface area contributed by atoms with Crippen molar-refractivity contribution in [2.75, 3.05) is 20.6 Å². The van der Waals surface area contributed by atoms with Gasteiger partial charge in [-0.3, -0.25) is 10.1 Å². The molecule has 0 aliphatic carbocycles. The summed E-state index contributed by atoms with van der Waals surface area (Å²) in [5, 5.41) is 3.39. The minimum Gasteiger partial charge on any atom is -0.325 e. The summed E-state index contributed by atoms with van der Waals surface area (Å²) in [6.45, 7) is 7.20. The number of hydrogen-bond acceptors (Lipinski definition) is 3. The van der Waals surface area contributed by atoms with Gasteiger partial charge in [0.1, 0.15) is 0 Å². The van der Waals surface area contributed by atoms with Crippen LogP contribution in [0, 0.1) is 0 Å². The molecular weight excluding hydrogens is 214 g/mol. The van der Waals surface area contributed by atoms with E-state index in [4.69, 9.17) is 0 Å². The van der Waals surface area contributed by atoms with Crippen molar-refractivity contribution in [2.45, 2.75) is 58.3 Å². The van der Waals surface area contributed by atoms with E-state index in [-0.39, 0.29) is 18.1 Å². The molecular formula is C13H27N3O. The predicted molar refractivity (Wildman–Crippen MR) is 70.8 cm³/mol. The van der Waals surface area contributed by atoms with E-state index in [9.17, 15) is 4.79 Å². The molecule has 4 nitrogen and oxygen atoms in total. The standard InChI is InChI=1S/C13H27N3O/c1-6-7-8-12-13(17)16(11(3)14-12)9-10(2)15(4)5/h10-12,14H,6-9H2,1-5H3. The van der Waals surface area contributed by atoms with Crippen LogP contribution in [0.5, 0.6) is 0 Å². The molecule has 1 aliphatic rings. The lowest BCUT2D eigenvalue weighted by molar-refractivity contribution is -0.130. The Balaban J connectivity index is 2.53. The average Bonchev–Trinajstić information content (AvgIpc) is 2.53. The molecule has 1 heterocycles. The number of nitrogens with one attached hydrogen (secondary N) is 1. The Morgan fingerprint density at radius 2 is 2.12 bits per heavy atom. The SMILES string of the molecule is CCCCC1NC(C)N(CC(C)N(C)C)C1=O. The van der Waals surface area contributed by atoms with Crippen LogP contribution in [0.1, 0.15) is 40.0 Å². The van der Waals surface area contributed by atoms with E-state index in [0.717, 1.165) is 25.8 Å². The summed E-state index contributed by atoms with van der Waals surface area (Å²) in [5.74, 6) is 0.277. The second-order valence-corrected chi connectivity index (χ2v) is 5.34. The first-order chi connectivity index (χ1) is 7.97. The molecule has 1 N–H and O–H groups in total. The number of rotatable bonds is 6. The lowest BCUT2D eigenvalue weighted by atomic mass is 10.1. The fourth-order valence-electron chi connectivity index (χ4n) is 2.15. The fraction of sp³-hybridized carbons (Fsp3) is 0.923. The highest BCUT2D eigenvalue weighted by molar-refractivity contribution is 5.84. The maximum Gasteiger partial charge on any atom is 0.241 e. The van der Waals surface area contributed by atoms with E-state index < -0.39 is 0 Å². The van der Waals surface area contributed by atoms with Gasteiger partial charge in [-0.1, -0.05) is 19.8 Å². The van der Waals surface area contributed by atoms with Crippen LogP contribution in [0.3, 0.4) is 0 Å². The van der Waals surface area contributed by atoms with Gasteiger partial charge < -0.3 is 9.80 Å². The van der Waals surface area contributed by atoms with Gasteiger partial charge in [-0.15, -0.1) is 0 Å². The monoisotopic (exact) mass is 241 g/mol. The summed E-state index contributed by atoms with van der Waals surface area (Å²) < 4.78 is 0. The zero-order valence-corrected chi connectivity index (χ0v) is 11.9. The number of carbonyl (C=O) groups is 1. The molecule has 1 saturated heterocycles. The molecule has 0 aromatic rings. The Hall–Kier alpha value is -0.610. The third-order valence-corrected chi connectivity index (χ3v) is 3.68. The second-order valence-electron chi connectivity index (χ2n) is 5.34. The third kappa shape index (κ3) is 3.68. The van der Waals surface area contributed by atoms with Gasteiger partial charge in [-0.05, 0) is 34.4 Å². The Morgan fingerprint density at radius 3 is 2.65 bits per heavy atom. The van der Waals surface area contributed by atoms with Crippen LogP contribution in [0.15, 0.2) is 0 Å². The molecule has 100 valence electrons. The summed E-state index contributed by atoms with van der Waals surface area (Å²) in [5.41, 5.74) is 0. The summed E-state index contributed by atoms with van der Waals surface area (Å²) in [6.07, 6.45) is 3.40. The molecule has 0 radical (unpaired) electrons. The largest absolute Gasteiger partial charge is 0.325 e. The minimum absolute atomic E-state index is 0.0410. The van der Waals surface area contributed by atoms with E-state index in [1.54, 1.807) is 0 Å². The normalized spacial score (nSPS) is 26.9. The van der Waals surface area contributed by atoms with E-state index in [0.29, 0.717) is 6.04 Å². The minimum atomic E-state index is 0.0410. The van der Waals surface area contributed by atoms with Crippen molar-refractivity contribution in [1.29, 1.82) is 0 Å². The Morgan fingerprint density at radius 1 is 1.47 bits per heavy atom. The maximum atomic E-state index is 12.2. The first-order valence-electron chi connectivity index (χ1n) is 6.70. The maximum absolute atomic E-state index is 12.2. The number of unbranched alkanes of at least 4 members (excludes halogenated alkanes) is 1. The molecule has 0 aromatic heterocycles. The zero-order valence-electron chi connectivity index (χ0n) is 11.9. The number of amides is 1. The highest BCUT2D eigenvalue weighted by Gasteiger charge is 2.36. The lowest BCUT2D eigenvalue weighted by Crippen LogP contribution is -2.43. The highest BCUT2D eigenvalue weighted by atomic mass is 16.2. The quantitative estimate of drug-likeness (QED) is 0.761. The number of likely N-dealkylation sites (N-methyl/N-ethyl adjacent to an activating group) is 1. The predicted octanol–water partition coefficient (Wildman–Crippen LogP) is 1.27. The van der Waals surface area contributed by atoms with Gasteiger partial charge in [0, 0.05) is 12.6 Å². The van der Waals surface area contributed by atoms with Crippen LogP contribution in [0.2, 0.25) is 0 Å². The molecule has 1 fully saturated rings. The van der Waals surface area contributed by atoms with Gasteiger partial charge in [-0.2, -0.15) is 0 Å². The van der Waals surface area contributed by atoms with Crippen LogP contribution < -0.4 is 5.32 Å². The van der Waals surface area contributed by atoms with E-state index in [1.807, 2.05) is 4.90 Å². The first-order valence-corrected chi connectivity index (χ1v) is 6.70. The fourth-order valence-corrected chi connectivity index (χ4v) is 2.15. The number of nitrogens with zero attached hydrogens (tertiary/aromatic N) is 2. The van der Waals surface area contributed by atoms with Crippen LogP contribution in [0.4, 0.5) is 0 Å². The Kier molecular flexibility index (Phi) is 5.40. The lowest BCUT2D eigenvalue weighted by Gasteiger charge is -2.28. The van der Waals surface area contributed by atoms with Gasteiger partial charge in [0.05, 0.1) is 12.2 Å². The zero-order chi connectivity index (χ0) is 13.0. The van der Waals surface area contributed by atoms with Crippen LogP contribution >= 0.6 is 0 Å². The molecule has 0 spiro atoms.